The molecule has 0 radical (unpaired) electrons. The Morgan fingerprint density at radius 2 is 1.85 bits per heavy atom. The summed E-state index contributed by atoms with van der Waals surface area (Å²) in [6, 6.07) is 3.88. The molecule has 4 aliphatic rings. The third-order valence-electron chi connectivity index (χ3n) is 6.97. The number of Topliss-reactive ketones (excluding diaryl/α,β-unsaturated/α-hetero) is 1. The Labute approximate surface area is 164 Å². The summed E-state index contributed by atoms with van der Waals surface area (Å²) in [6.45, 7) is 2.06. The molecule has 4 aliphatic carbocycles. The summed E-state index contributed by atoms with van der Waals surface area (Å²) in [5.41, 5.74) is 0.894. The van der Waals surface area contributed by atoms with Crippen LogP contribution in [0.4, 0.5) is 0 Å². The predicted octanol–water partition coefficient (Wildman–Crippen LogP) is 4.14. The maximum absolute atomic E-state index is 13.5. The molecule has 1 unspecified atom stereocenters. The van der Waals surface area contributed by atoms with Gasteiger partial charge in [-0.25, -0.2) is 0 Å². The van der Waals surface area contributed by atoms with Crippen molar-refractivity contribution in [2.75, 3.05) is 0 Å². The molecule has 4 fully saturated rings. The molecular weight excluding hydrogens is 356 g/mol. The molecule has 4 bridgehead atoms. The fourth-order valence-electron chi connectivity index (χ4n) is 6.22. The van der Waals surface area contributed by atoms with Crippen LogP contribution in [-0.4, -0.2) is 30.8 Å². The van der Waals surface area contributed by atoms with Gasteiger partial charge in [0.1, 0.15) is 0 Å². The van der Waals surface area contributed by atoms with Gasteiger partial charge in [-0.05, 0) is 75.3 Å². The molecule has 27 heavy (non-hydrogen) atoms. The Bertz CT molecular complexity index is 827. The molecule has 6 heteroatoms. The second kappa shape index (κ2) is 6.43. The zero-order valence-corrected chi connectivity index (χ0v) is 16.8. The highest BCUT2D eigenvalue weighted by Gasteiger charge is 2.55. The predicted molar refractivity (Wildman–Crippen MR) is 105 cm³/mol. The lowest BCUT2D eigenvalue weighted by atomic mass is 9.48. The number of ketones is 1. The molecule has 4 saturated carbocycles. The fourth-order valence-corrected chi connectivity index (χ4v) is 7.22. The Kier molecular flexibility index (Phi) is 4.15. The summed E-state index contributed by atoms with van der Waals surface area (Å²) in [5.74, 6) is 3.64. The number of rotatable bonds is 5. The molecule has 5 nitrogen and oxygen atoms in total. The van der Waals surface area contributed by atoms with Gasteiger partial charge in [-0.2, -0.15) is 0 Å². The van der Waals surface area contributed by atoms with Crippen LogP contribution >= 0.6 is 11.8 Å². The van der Waals surface area contributed by atoms with E-state index in [0.29, 0.717) is 5.78 Å². The Morgan fingerprint density at radius 1 is 1.19 bits per heavy atom. The van der Waals surface area contributed by atoms with Gasteiger partial charge >= 0.3 is 0 Å². The van der Waals surface area contributed by atoms with E-state index < -0.39 is 0 Å². The molecule has 0 saturated heterocycles. The summed E-state index contributed by atoms with van der Waals surface area (Å²) in [7, 11) is 1.96. The van der Waals surface area contributed by atoms with Crippen molar-refractivity contribution >= 4 is 17.5 Å². The minimum atomic E-state index is -0.0779. The van der Waals surface area contributed by atoms with E-state index in [4.69, 9.17) is 0 Å². The van der Waals surface area contributed by atoms with Crippen molar-refractivity contribution in [2.45, 2.75) is 55.9 Å². The van der Waals surface area contributed by atoms with Crippen LogP contribution in [0.2, 0.25) is 0 Å². The summed E-state index contributed by atoms with van der Waals surface area (Å²) in [6.07, 6.45) is 11.0. The average molecular weight is 383 g/mol. The zero-order chi connectivity index (χ0) is 18.6. The van der Waals surface area contributed by atoms with E-state index in [0.717, 1.165) is 53.6 Å². The van der Waals surface area contributed by atoms with E-state index in [1.165, 1.54) is 19.3 Å². The molecule has 142 valence electrons. The van der Waals surface area contributed by atoms with E-state index in [1.807, 2.05) is 23.7 Å². The zero-order valence-electron chi connectivity index (χ0n) is 16.0. The standard InChI is InChI=1S/C21H26N4OS/c1-13(18(26)21-9-14-6-15(10-21)8-16(7-14)11-21)27-20-24-23-19(25(20)2)17-4-3-5-22-12-17/h3-5,12-16H,6-11H2,1-2H3. The minimum Gasteiger partial charge on any atom is -0.305 e. The number of hydrogen-bond acceptors (Lipinski definition) is 5. The SMILES string of the molecule is CC(Sc1nnc(-c2cccnc2)n1C)C(=O)C12CC3CC(CC(C3)C1)C2. The Hall–Kier alpha value is -1.69. The third kappa shape index (κ3) is 2.93. The molecule has 0 spiro atoms. The van der Waals surface area contributed by atoms with Gasteiger partial charge < -0.3 is 4.57 Å². The number of aromatic nitrogens is 4. The normalized spacial score (nSPS) is 32.6. The molecule has 2 aromatic heterocycles. The fraction of sp³-hybridized carbons (Fsp3) is 0.619. The first-order valence-electron chi connectivity index (χ1n) is 10.0. The smallest absolute Gasteiger partial charge is 0.191 e. The van der Waals surface area contributed by atoms with Crippen molar-refractivity contribution < 1.29 is 4.79 Å². The Morgan fingerprint density at radius 3 is 2.44 bits per heavy atom. The van der Waals surface area contributed by atoms with E-state index in [9.17, 15) is 4.79 Å². The van der Waals surface area contributed by atoms with Crippen LogP contribution in [0.25, 0.3) is 11.4 Å². The van der Waals surface area contributed by atoms with Gasteiger partial charge in [-0.3, -0.25) is 9.78 Å². The van der Waals surface area contributed by atoms with Gasteiger partial charge in [0, 0.05) is 30.4 Å². The van der Waals surface area contributed by atoms with Crippen molar-refractivity contribution in [1.29, 1.82) is 0 Å². The monoisotopic (exact) mass is 382 g/mol. The first kappa shape index (κ1) is 17.4. The minimum absolute atomic E-state index is 0.0497. The van der Waals surface area contributed by atoms with Crippen molar-refractivity contribution in [3.63, 3.8) is 0 Å². The highest BCUT2D eigenvalue weighted by atomic mass is 32.2. The van der Waals surface area contributed by atoms with Gasteiger partial charge in [0.15, 0.2) is 16.8 Å². The maximum Gasteiger partial charge on any atom is 0.191 e. The van der Waals surface area contributed by atoms with E-state index in [-0.39, 0.29) is 10.7 Å². The summed E-state index contributed by atoms with van der Waals surface area (Å²) < 4.78 is 1.98. The van der Waals surface area contributed by atoms with Gasteiger partial charge in [-0.1, -0.05) is 11.8 Å². The first-order chi connectivity index (χ1) is 13.0. The van der Waals surface area contributed by atoms with Gasteiger partial charge in [0.25, 0.3) is 0 Å². The summed E-state index contributed by atoms with van der Waals surface area (Å²) >= 11 is 1.56. The van der Waals surface area contributed by atoms with Crippen LogP contribution in [0.3, 0.4) is 0 Å². The number of hydrogen-bond donors (Lipinski definition) is 0. The van der Waals surface area contributed by atoms with Crippen LogP contribution in [0, 0.1) is 23.2 Å². The molecule has 2 heterocycles. The lowest BCUT2D eigenvalue weighted by Crippen LogP contribution is -2.51. The van der Waals surface area contributed by atoms with Crippen LogP contribution in [0.15, 0.2) is 29.7 Å². The van der Waals surface area contributed by atoms with Crippen molar-refractivity contribution in [3.8, 4) is 11.4 Å². The van der Waals surface area contributed by atoms with Crippen molar-refractivity contribution in [1.82, 2.24) is 19.7 Å². The summed E-state index contributed by atoms with van der Waals surface area (Å²) in [4.78, 5) is 17.7. The topological polar surface area (TPSA) is 60.7 Å². The third-order valence-corrected chi connectivity index (χ3v) is 8.10. The molecule has 0 N–H and O–H groups in total. The number of thioether (sulfide) groups is 1. The van der Waals surface area contributed by atoms with Gasteiger partial charge in [-0.15, -0.1) is 10.2 Å². The van der Waals surface area contributed by atoms with Crippen LogP contribution < -0.4 is 0 Å². The second-order valence-electron chi connectivity index (χ2n) is 8.93. The van der Waals surface area contributed by atoms with Crippen LogP contribution in [0.1, 0.15) is 45.4 Å². The van der Waals surface area contributed by atoms with Crippen LogP contribution in [0.5, 0.6) is 0 Å². The largest absolute Gasteiger partial charge is 0.305 e. The number of carbonyl (C=O) groups is 1. The average Bonchev–Trinajstić information content (AvgIpc) is 3.01. The lowest BCUT2D eigenvalue weighted by molar-refractivity contribution is -0.142. The molecule has 0 amide bonds. The molecule has 2 aromatic rings. The number of carbonyl (C=O) groups excluding carboxylic acids is 1. The number of pyridine rings is 1. The van der Waals surface area contributed by atoms with E-state index >= 15 is 0 Å². The van der Waals surface area contributed by atoms with Gasteiger partial charge in [0.05, 0.1) is 5.25 Å². The van der Waals surface area contributed by atoms with Gasteiger partial charge in [0.2, 0.25) is 0 Å². The molecule has 0 aromatic carbocycles. The van der Waals surface area contributed by atoms with E-state index in [2.05, 4.69) is 22.1 Å². The quantitative estimate of drug-likeness (QED) is 0.727. The summed E-state index contributed by atoms with van der Waals surface area (Å²) in [5, 5.41) is 9.42. The second-order valence-corrected chi connectivity index (χ2v) is 10.2. The first-order valence-corrected chi connectivity index (χ1v) is 10.9. The lowest BCUT2D eigenvalue weighted by Gasteiger charge is -2.56. The highest BCUT2D eigenvalue weighted by molar-refractivity contribution is 8.00. The maximum atomic E-state index is 13.5. The Balaban J connectivity index is 1.35. The van der Waals surface area contributed by atoms with Crippen molar-refractivity contribution in [2.24, 2.45) is 30.2 Å². The number of nitrogens with zero attached hydrogens (tertiary/aromatic N) is 4. The van der Waals surface area contributed by atoms with Crippen molar-refractivity contribution in [3.05, 3.63) is 24.5 Å². The molecular formula is C21H26N4OS. The highest BCUT2D eigenvalue weighted by Crippen LogP contribution is 2.61. The van der Waals surface area contributed by atoms with E-state index in [1.54, 1.807) is 24.2 Å². The molecule has 1 atom stereocenters. The molecule has 6 rings (SSSR count). The molecule has 0 aliphatic heterocycles. The van der Waals surface area contributed by atoms with Crippen LogP contribution in [-0.2, 0) is 11.8 Å².